The van der Waals surface area contributed by atoms with Crippen molar-refractivity contribution < 1.29 is 88.8 Å². The van der Waals surface area contributed by atoms with Crippen LogP contribution in [0.5, 0.6) is 0 Å². The van der Waals surface area contributed by atoms with E-state index in [-0.39, 0.29) is 54.0 Å². The molecule has 0 radical (unpaired) electrons. The lowest BCUT2D eigenvalue weighted by Gasteiger charge is -2.71. The van der Waals surface area contributed by atoms with Gasteiger partial charge in [-0.05, 0) is 111 Å². The number of aliphatic hydroxyl groups is 9. The lowest BCUT2D eigenvalue weighted by Crippen LogP contribution is -2.69. The van der Waals surface area contributed by atoms with Crippen molar-refractivity contribution in [1.29, 1.82) is 0 Å². The molecule has 8 aliphatic rings. The number of ether oxygens (including phenoxy) is 6. The first-order valence-corrected chi connectivity index (χ1v) is 29.7. The molecule has 24 atom stereocenters. The molecule has 4 saturated carbocycles. The van der Waals surface area contributed by atoms with Crippen LogP contribution in [0, 0.1) is 50.2 Å². The molecule has 1 amide bonds. The second-order valence-electron chi connectivity index (χ2n) is 26.9. The highest BCUT2D eigenvalue weighted by Gasteiger charge is 2.72. The molecule has 5 aliphatic carbocycles. The normalized spacial score (nSPS) is 48.0. The number of carbonyl (C=O) groups excluding carboxylic acids is 3. The van der Waals surface area contributed by atoms with Crippen molar-refractivity contribution in [3.63, 3.8) is 0 Å². The Morgan fingerprint density at radius 2 is 1.37 bits per heavy atom. The number of allylic oxidation sites excluding steroid dienone is 2. The first kappa shape index (κ1) is 61.9. The minimum Gasteiger partial charge on any atom is -0.432 e. The third-order valence-corrected chi connectivity index (χ3v) is 21.7. The first-order chi connectivity index (χ1) is 36.8. The maximum atomic E-state index is 15.7. The van der Waals surface area contributed by atoms with E-state index in [4.69, 9.17) is 28.4 Å². The van der Waals surface area contributed by atoms with E-state index < -0.39 is 139 Å². The molecule has 0 aromatic heterocycles. The topological polar surface area (TPSA) is 301 Å². The predicted octanol–water partition coefficient (Wildman–Crippen LogP) is 4.00. The predicted molar refractivity (Wildman–Crippen MR) is 282 cm³/mol. The standard InChI is InChI=1S/C59H97NO18/c1-9-10-11-12-13-14-15-16-17-18-41(66)60-42-36(29-61)75-52(49(44(42)68)77-51-47(71)45(69)48(32(2)74-51)76-50-46(70)43(67)35(63)30-73-50)78-53(72)59-26-25-54(3,4)27-34(59)33-19-20-38-55(5)23-22-39(64)56(6,31-62)37(55)21-24-57(38,7)58(33,8)28-40(59)65/h19,31-32,34-40,42-52,61,63-65,67-71H,9-18,20-30H2,1-8H3,(H,60,66)/t32-,34?,35-,36-,37-,38?,39?,40+,42?,43?,44?,45?,46?,47?,48?,49?,50+,51+,52+,55?,56?,57-,58-,59?/m1/s1. The van der Waals surface area contributed by atoms with E-state index in [1.54, 1.807) is 0 Å². The molecule has 8 rings (SSSR count). The fraction of sp³-hybridized carbons (Fsp3) is 0.915. The Hall–Kier alpha value is -2.21. The van der Waals surface area contributed by atoms with Gasteiger partial charge in [0.1, 0.15) is 60.5 Å². The number of hydrogen-bond donors (Lipinski definition) is 10. The van der Waals surface area contributed by atoms with Crippen molar-refractivity contribution in [2.75, 3.05) is 13.2 Å². The quantitative estimate of drug-likeness (QED) is 0.0378. The summed E-state index contributed by atoms with van der Waals surface area (Å²) in [7, 11) is 0. The largest absolute Gasteiger partial charge is 0.432 e. The number of aliphatic hydroxyl groups excluding tert-OH is 9. The number of hydrogen-bond acceptors (Lipinski definition) is 18. The maximum absolute atomic E-state index is 15.7. The minimum absolute atomic E-state index is 0.0344. The molecule has 78 heavy (non-hydrogen) atoms. The second-order valence-corrected chi connectivity index (χ2v) is 26.9. The molecule has 7 fully saturated rings. The van der Waals surface area contributed by atoms with Gasteiger partial charge in [0.2, 0.25) is 12.2 Å². The number of carbonyl (C=O) groups is 3. The zero-order valence-corrected chi connectivity index (χ0v) is 47.7. The summed E-state index contributed by atoms with van der Waals surface area (Å²) in [5.41, 5.74) is -2.78. The van der Waals surface area contributed by atoms with Gasteiger partial charge in [0.15, 0.2) is 18.7 Å². The number of amides is 1. The maximum Gasteiger partial charge on any atom is 0.317 e. The van der Waals surface area contributed by atoms with E-state index in [1.807, 2.05) is 6.92 Å². The Bertz CT molecular complexity index is 2110. The average molecular weight is 1110 g/mol. The number of aldehydes is 1. The monoisotopic (exact) mass is 1110 g/mol. The Kier molecular flexibility index (Phi) is 19.2. The van der Waals surface area contributed by atoms with Gasteiger partial charge in [0, 0.05) is 6.42 Å². The van der Waals surface area contributed by atoms with Gasteiger partial charge in [-0.1, -0.05) is 111 Å². The Morgan fingerprint density at radius 3 is 2.04 bits per heavy atom. The van der Waals surface area contributed by atoms with Gasteiger partial charge in [-0.3, -0.25) is 9.59 Å². The second kappa shape index (κ2) is 24.2. The van der Waals surface area contributed by atoms with Gasteiger partial charge < -0.3 is 84.5 Å². The smallest absolute Gasteiger partial charge is 0.317 e. The van der Waals surface area contributed by atoms with E-state index in [2.05, 4.69) is 52.9 Å². The molecule has 0 aromatic rings. The van der Waals surface area contributed by atoms with Crippen LogP contribution < -0.4 is 5.32 Å². The van der Waals surface area contributed by atoms with Crippen molar-refractivity contribution >= 4 is 18.2 Å². The molecular weight excluding hydrogens is 1010 g/mol. The Morgan fingerprint density at radius 1 is 0.718 bits per heavy atom. The fourth-order valence-corrected chi connectivity index (χ4v) is 16.7. The van der Waals surface area contributed by atoms with Crippen LogP contribution in [-0.4, -0.2) is 175 Å². The van der Waals surface area contributed by atoms with Gasteiger partial charge in [-0.2, -0.15) is 0 Å². The van der Waals surface area contributed by atoms with Crippen LogP contribution in [0.1, 0.15) is 177 Å². The van der Waals surface area contributed by atoms with Crippen LogP contribution in [0.2, 0.25) is 0 Å². The molecule has 3 saturated heterocycles. The number of unbranched alkanes of at least 4 members (excludes halogenated alkanes) is 8. The zero-order valence-electron chi connectivity index (χ0n) is 47.7. The van der Waals surface area contributed by atoms with Crippen molar-refractivity contribution in [2.45, 2.75) is 276 Å². The third-order valence-electron chi connectivity index (χ3n) is 21.7. The molecule has 19 heteroatoms. The first-order valence-electron chi connectivity index (χ1n) is 29.7. The molecule has 0 bridgehead atoms. The number of rotatable bonds is 19. The van der Waals surface area contributed by atoms with Crippen LogP contribution >= 0.6 is 0 Å². The average Bonchev–Trinajstić information content (AvgIpc) is 1.90. The van der Waals surface area contributed by atoms with Crippen LogP contribution in [0.3, 0.4) is 0 Å². The van der Waals surface area contributed by atoms with Gasteiger partial charge in [-0.25, -0.2) is 0 Å². The van der Waals surface area contributed by atoms with Gasteiger partial charge in [-0.15, -0.1) is 0 Å². The summed E-state index contributed by atoms with van der Waals surface area (Å²) in [6.07, 6.45) is -5.05. The van der Waals surface area contributed by atoms with E-state index in [1.165, 1.54) is 32.6 Å². The summed E-state index contributed by atoms with van der Waals surface area (Å²) in [5.74, 6) is -1.64. The zero-order chi connectivity index (χ0) is 56.9. The summed E-state index contributed by atoms with van der Waals surface area (Å²) in [5, 5.41) is 104. The molecule has 446 valence electrons. The van der Waals surface area contributed by atoms with Crippen molar-refractivity contribution in [3.8, 4) is 0 Å². The third kappa shape index (κ3) is 11.1. The Labute approximate surface area is 461 Å². The lowest BCUT2D eigenvalue weighted by atomic mass is 9.33. The van der Waals surface area contributed by atoms with Crippen molar-refractivity contribution in [3.05, 3.63) is 11.6 Å². The summed E-state index contributed by atoms with van der Waals surface area (Å²) < 4.78 is 36.5. The van der Waals surface area contributed by atoms with Gasteiger partial charge in [0.25, 0.3) is 0 Å². The molecule has 3 heterocycles. The van der Waals surface area contributed by atoms with E-state index in [0.29, 0.717) is 32.1 Å². The Balaban J connectivity index is 1.06. The van der Waals surface area contributed by atoms with Crippen LogP contribution in [0.15, 0.2) is 11.6 Å². The van der Waals surface area contributed by atoms with Crippen molar-refractivity contribution in [2.24, 2.45) is 50.2 Å². The summed E-state index contributed by atoms with van der Waals surface area (Å²) in [6, 6.07) is -1.32. The highest BCUT2D eigenvalue weighted by Crippen LogP contribution is 2.76. The lowest BCUT2D eigenvalue weighted by molar-refractivity contribution is -0.370. The minimum atomic E-state index is -1.92. The van der Waals surface area contributed by atoms with Gasteiger partial charge in [0.05, 0.1) is 43.0 Å². The van der Waals surface area contributed by atoms with E-state index in [9.17, 15) is 55.5 Å². The SMILES string of the molecule is CCCCCCCCCCCC(=O)NC1C(O)C(O[C@@H]2O[C@H](C)C(O[C@@H]3OC[C@@H](O)C(O)C3O)C(O)C2O)[C@H](OC(=O)C23CCC(C)(C)CC2C2=CCC4C5(C)CCC(O)C(C)(C=O)[C@@H]5CC[C@@]4(C)[C@]2(C)C[C@@H]3O)O[C@@H]1CO. The van der Waals surface area contributed by atoms with Gasteiger partial charge >= 0.3 is 5.97 Å². The van der Waals surface area contributed by atoms with Crippen LogP contribution in [0.4, 0.5) is 0 Å². The van der Waals surface area contributed by atoms with Crippen LogP contribution in [-0.2, 0) is 42.8 Å². The number of nitrogens with one attached hydrogen (secondary N) is 1. The van der Waals surface area contributed by atoms with E-state index in [0.717, 1.165) is 56.8 Å². The number of esters is 1. The molecule has 14 unspecified atom stereocenters. The van der Waals surface area contributed by atoms with Crippen LogP contribution in [0.25, 0.3) is 0 Å². The summed E-state index contributed by atoms with van der Waals surface area (Å²) >= 11 is 0. The summed E-state index contributed by atoms with van der Waals surface area (Å²) in [6.45, 7) is 15.6. The van der Waals surface area contributed by atoms with Crippen molar-refractivity contribution in [1.82, 2.24) is 5.32 Å². The highest BCUT2D eigenvalue weighted by atomic mass is 16.8. The van der Waals surface area contributed by atoms with E-state index >= 15 is 4.79 Å². The number of fused-ring (bicyclic) bond motifs is 7. The fourth-order valence-electron chi connectivity index (χ4n) is 16.7. The molecule has 19 nitrogen and oxygen atoms in total. The molecule has 0 spiro atoms. The highest BCUT2D eigenvalue weighted by molar-refractivity contribution is 5.80. The summed E-state index contributed by atoms with van der Waals surface area (Å²) in [4.78, 5) is 42.1. The molecule has 0 aromatic carbocycles. The molecule has 3 aliphatic heterocycles. The molecule has 10 N–H and O–H groups in total. The molecular formula is C59H97NO18.